The summed E-state index contributed by atoms with van der Waals surface area (Å²) in [5.74, 6) is -0.765. The minimum Gasteiger partial charge on any atom is -0.480 e. The summed E-state index contributed by atoms with van der Waals surface area (Å²) < 4.78 is 0. The lowest BCUT2D eigenvalue weighted by Gasteiger charge is -2.36. The number of benzene rings is 1. The van der Waals surface area contributed by atoms with Gasteiger partial charge in [-0.3, -0.25) is 9.69 Å². The monoisotopic (exact) mass is 262 g/mol. The summed E-state index contributed by atoms with van der Waals surface area (Å²) >= 11 is 0. The summed E-state index contributed by atoms with van der Waals surface area (Å²) in [5.41, 5.74) is 2.11. The highest BCUT2D eigenvalue weighted by Gasteiger charge is 2.30. The first-order chi connectivity index (χ1) is 9.11. The molecule has 0 radical (unpaired) electrons. The van der Waals surface area contributed by atoms with E-state index in [-0.39, 0.29) is 0 Å². The second kappa shape index (κ2) is 6.17. The number of nitrogens with one attached hydrogen (secondary N) is 1. The van der Waals surface area contributed by atoms with Crippen LogP contribution in [0.2, 0.25) is 0 Å². The average Bonchev–Trinajstić information content (AvgIpc) is 2.39. The van der Waals surface area contributed by atoms with Crippen molar-refractivity contribution in [1.82, 2.24) is 10.2 Å². The van der Waals surface area contributed by atoms with E-state index >= 15 is 0 Å². The molecule has 2 rings (SSSR count). The van der Waals surface area contributed by atoms with E-state index in [1.54, 1.807) is 0 Å². The number of hydrogen-bond acceptors (Lipinski definition) is 3. The molecule has 1 aliphatic rings. The highest BCUT2D eigenvalue weighted by molar-refractivity contribution is 5.75. The Hall–Kier alpha value is -1.39. The molecule has 4 heteroatoms. The van der Waals surface area contributed by atoms with E-state index in [4.69, 9.17) is 0 Å². The average molecular weight is 262 g/mol. The molecule has 4 nitrogen and oxygen atoms in total. The molecule has 1 aliphatic heterocycles. The fourth-order valence-corrected chi connectivity index (χ4v) is 2.64. The minimum absolute atomic E-state index is 0.338. The largest absolute Gasteiger partial charge is 0.480 e. The van der Waals surface area contributed by atoms with Crippen LogP contribution in [0, 0.1) is 0 Å². The van der Waals surface area contributed by atoms with E-state index in [0.29, 0.717) is 6.04 Å². The minimum atomic E-state index is -0.765. The summed E-state index contributed by atoms with van der Waals surface area (Å²) in [6.45, 7) is 6.58. The number of carboxylic acids is 1. The molecule has 104 valence electrons. The molecule has 0 aromatic heterocycles. The Morgan fingerprint density at radius 2 is 2.16 bits per heavy atom. The van der Waals surface area contributed by atoms with Crippen LogP contribution in [0.15, 0.2) is 24.3 Å². The van der Waals surface area contributed by atoms with Crippen molar-refractivity contribution in [3.8, 4) is 0 Å². The lowest BCUT2D eigenvalue weighted by molar-refractivity contribution is -0.144. The number of piperazine rings is 1. The summed E-state index contributed by atoms with van der Waals surface area (Å²) in [6, 6.07) is 7.75. The molecule has 1 heterocycles. The Balaban J connectivity index is 2.21. The number of aliphatic carboxylic acids is 1. The van der Waals surface area contributed by atoms with Gasteiger partial charge in [-0.25, -0.2) is 0 Å². The van der Waals surface area contributed by atoms with Gasteiger partial charge in [-0.05, 0) is 24.5 Å². The van der Waals surface area contributed by atoms with Crippen molar-refractivity contribution in [2.75, 3.05) is 19.6 Å². The van der Waals surface area contributed by atoms with Crippen LogP contribution >= 0.6 is 0 Å². The van der Waals surface area contributed by atoms with E-state index in [1.165, 1.54) is 5.56 Å². The molecule has 1 saturated heterocycles. The molecule has 0 amide bonds. The normalized spacial score (nSPS) is 22.1. The molecule has 0 saturated carbocycles. The van der Waals surface area contributed by atoms with Gasteiger partial charge in [0.2, 0.25) is 0 Å². The first kappa shape index (κ1) is 14.0. The van der Waals surface area contributed by atoms with Crippen LogP contribution in [0.4, 0.5) is 0 Å². The summed E-state index contributed by atoms with van der Waals surface area (Å²) in [5, 5.41) is 12.9. The van der Waals surface area contributed by atoms with Crippen LogP contribution in [-0.2, 0) is 11.2 Å². The van der Waals surface area contributed by atoms with Crippen molar-refractivity contribution < 1.29 is 9.90 Å². The molecular weight excluding hydrogens is 240 g/mol. The molecule has 19 heavy (non-hydrogen) atoms. The molecule has 2 N–H and O–H groups in total. The Bertz CT molecular complexity index is 430. The second-order valence-electron chi connectivity index (χ2n) is 5.19. The Morgan fingerprint density at radius 3 is 2.68 bits per heavy atom. The van der Waals surface area contributed by atoms with Crippen molar-refractivity contribution in [3.63, 3.8) is 0 Å². The molecule has 1 fully saturated rings. The SMILES string of the molecule is CCc1ccc(C(C(=O)O)N2CCNC(C)C2)cc1. The molecule has 1 aromatic rings. The van der Waals surface area contributed by atoms with Crippen molar-refractivity contribution in [2.24, 2.45) is 0 Å². The smallest absolute Gasteiger partial charge is 0.325 e. The van der Waals surface area contributed by atoms with Crippen LogP contribution in [0.25, 0.3) is 0 Å². The van der Waals surface area contributed by atoms with Crippen molar-refractivity contribution in [1.29, 1.82) is 0 Å². The van der Waals surface area contributed by atoms with Crippen LogP contribution in [0.1, 0.15) is 31.0 Å². The number of carbonyl (C=O) groups is 1. The summed E-state index contributed by atoms with van der Waals surface area (Å²) in [4.78, 5) is 13.6. The second-order valence-corrected chi connectivity index (χ2v) is 5.19. The van der Waals surface area contributed by atoms with Gasteiger partial charge >= 0.3 is 5.97 Å². The van der Waals surface area contributed by atoms with Gasteiger partial charge in [-0.2, -0.15) is 0 Å². The van der Waals surface area contributed by atoms with Gasteiger partial charge in [0, 0.05) is 25.7 Å². The third kappa shape index (κ3) is 3.33. The highest BCUT2D eigenvalue weighted by atomic mass is 16.4. The van der Waals surface area contributed by atoms with Gasteiger partial charge in [0.05, 0.1) is 0 Å². The van der Waals surface area contributed by atoms with Crippen molar-refractivity contribution >= 4 is 5.97 Å². The zero-order chi connectivity index (χ0) is 13.8. The topological polar surface area (TPSA) is 52.6 Å². The number of nitrogens with zero attached hydrogens (tertiary/aromatic N) is 1. The van der Waals surface area contributed by atoms with E-state index in [0.717, 1.165) is 31.6 Å². The summed E-state index contributed by atoms with van der Waals surface area (Å²) in [6.07, 6.45) is 0.975. The number of hydrogen-bond donors (Lipinski definition) is 2. The Kier molecular flexibility index (Phi) is 4.56. The number of carboxylic acid groups (broad SMARTS) is 1. The van der Waals surface area contributed by atoms with Crippen molar-refractivity contribution in [2.45, 2.75) is 32.4 Å². The number of rotatable bonds is 4. The quantitative estimate of drug-likeness (QED) is 0.866. The van der Waals surface area contributed by atoms with Crippen LogP contribution in [0.5, 0.6) is 0 Å². The molecule has 0 spiro atoms. The third-order valence-corrected chi connectivity index (χ3v) is 3.70. The molecule has 0 bridgehead atoms. The lowest BCUT2D eigenvalue weighted by Crippen LogP contribution is -2.51. The molecule has 2 unspecified atom stereocenters. The van der Waals surface area contributed by atoms with Crippen LogP contribution < -0.4 is 5.32 Å². The number of aryl methyl sites for hydroxylation is 1. The lowest BCUT2D eigenvalue weighted by atomic mass is 10.0. The molecule has 1 aromatic carbocycles. The van der Waals surface area contributed by atoms with Crippen molar-refractivity contribution in [3.05, 3.63) is 35.4 Å². The van der Waals surface area contributed by atoms with E-state index < -0.39 is 12.0 Å². The maximum atomic E-state index is 11.6. The Morgan fingerprint density at radius 1 is 1.47 bits per heavy atom. The Labute approximate surface area is 114 Å². The maximum Gasteiger partial charge on any atom is 0.325 e. The predicted molar refractivity (Wildman–Crippen MR) is 75.2 cm³/mol. The first-order valence-electron chi connectivity index (χ1n) is 6.91. The van der Waals surface area contributed by atoms with E-state index in [9.17, 15) is 9.90 Å². The fraction of sp³-hybridized carbons (Fsp3) is 0.533. The molecule has 0 aliphatic carbocycles. The zero-order valence-electron chi connectivity index (χ0n) is 11.6. The van der Waals surface area contributed by atoms with E-state index in [2.05, 4.69) is 19.2 Å². The third-order valence-electron chi connectivity index (χ3n) is 3.70. The molecule has 2 atom stereocenters. The van der Waals surface area contributed by atoms with Crippen LogP contribution in [-0.4, -0.2) is 41.7 Å². The molecular formula is C15H22N2O2. The van der Waals surface area contributed by atoms with Gasteiger partial charge in [-0.15, -0.1) is 0 Å². The maximum absolute atomic E-state index is 11.6. The zero-order valence-corrected chi connectivity index (χ0v) is 11.6. The van der Waals surface area contributed by atoms with Gasteiger partial charge in [0.1, 0.15) is 6.04 Å². The van der Waals surface area contributed by atoms with E-state index in [1.807, 2.05) is 29.2 Å². The van der Waals surface area contributed by atoms with Gasteiger partial charge < -0.3 is 10.4 Å². The van der Waals surface area contributed by atoms with Crippen LogP contribution in [0.3, 0.4) is 0 Å². The van der Waals surface area contributed by atoms with Gasteiger partial charge in [0.15, 0.2) is 0 Å². The first-order valence-corrected chi connectivity index (χ1v) is 6.91. The predicted octanol–water partition coefficient (Wildman–Crippen LogP) is 1.67. The summed E-state index contributed by atoms with van der Waals surface area (Å²) in [7, 11) is 0. The fourth-order valence-electron chi connectivity index (χ4n) is 2.64. The van der Waals surface area contributed by atoms with Gasteiger partial charge in [0.25, 0.3) is 0 Å². The van der Waals surface area contributed by atoms with Gasteiger partial charge in [-0.1, -0.05) is 31.2 Å². The highest BCUT2D eigenvalue weighted by Crippen LogP contribution is 2.23. The standard InChI is InChI=1S/C15H22N2O2/c1-3-12-4-6-13(7-5-12)14(15(18)19)17-9-8-16-11(2)10-17/h4-7,11,14,16H,3,8-10H2,1-2H3,(H,18,19).